The smallest absolute Gasteiger partial charge is 0.332 e. The van der Waals surface area contributed by atoms with Crippen LogP contribution in [0.25, 0.3) is 0 Å². The lowest BCUT2D eigenvalue weighted by Crippen LogP contribution is -2.37. The Hall–Kier alpha value is -2.16. The molecule has 3 rings (SSSR count). The van der Waals surface area contributed by atoms with Crippen LogP contribution in [0.15, 0.2) is 34.7 Å². The number of carbonyl (C=O) groups excluding carboxylic acids is 1. The molecule has 0 unspecified atom stereocenters. The van der Waals surface area contributed by atoms with E-state index in [9.17, 15) is 22.8 Å². The summed E-state index contributed by atoms with van der Waals surface area (Å²) in [5.41, 5.74) is -2.47. The summed E-state index contributed by atoms with van der Waals surface area (Å²) in [5, 5.41) is 2.62. The fourth-order valence-electron chi connectivity index (χ4n) is 2.83. The minimum atomic E-state index is -4.74. The third-order valence-electron chi connectivity index (χ3n) is 3.94. The molecule has 1 saturated heterocycles. The predicted molar refractivity (Wildman–Crippen MR) is 81.5 cm³/mol. The Morgan fingerprint density at radius 3 is 2.88 bits per heavy atom. The van der Waals surface area contributed by atoms with Gasteiger partial charge in [0.1, 0.15) is 17.1 Å². The molecule has 0 aromatic carbocycles. The number of likely N-dealkylation sites (tertiary alicyclic amines) is 1. The van der Waals surface area contributed by atoms with Gasteiger partial charge in [-0.25, -0.2) is 4.98 Å². The number of aromatic nitrogens is 2. The number of carbonyl (C=O) groups is 1. The van der Waals surface area contributed by atoms with E-state index in [4.69, 9.17) is 0 Å². The Kier molecular flexibility index (Phi) is 4.44. The zero-order valence-corrected chi connectivity index (χ0v) is 13.3. The van der Waals surface area contributed by atoms with Crippen molar-refractivity contribution < 1.29 is 18.0 Å². The molecule has 0 aliphatic carbocycles. The maximum absolute atomic E-state index is 12.8. The van der Waals surface area contributed by atoms with E-state index in [0.717, 1.165) is 34.5 Å². The molecule has 1 atom stereocenters. The van der Waals surface area contributed by atoms with Gasteiger partial charge < -0.3 is 9.47 Å². The first-order valence-corrected chi connectivity index (χ1v) is 8.21. The summed E-state index contributed by atoms with van der Waals surface area (Å²) in [6, 6.07) is 1.68. The van der Waals surface area contributed by atoms with Gasteiger partial charge in [0.25, 0.3) is 5.56 Å². The maximum atomic E-state index is 12.8. The van der Waals surface area contributed by atoms with Gasteiger partial charge in [0.2, 0.25) is 5.91 Å². The number of alkyl halides is 3. The average molecular weight is 357 g/mol. The average Bonchev–Trinajstić information content (AvgIpc) is 3.18. The fraction of sp³-hybridized carbons (Fsp3) is 0.400. The second-order valence-corrected chi connectivity index (χ2v) is 6.39. The molecule has 2 aromatic heterocycles. The lowest BCUT2D eigenvalue weighted by atomic mass is 10.2. The molecule has 1 fully saturated rings. The van der Waals surface area contributed by atoms with E-state index in [0.29, 0.717) is 6.54 Å². The van der Waals surface area contributed by atoms with Crippen LogP contribution in [0.5, 0.6) is 0 Å². The Morgan fingerprint density at radius 2 is 2.21 bits per heavy atom. The van der Waals surface area contributed by atoms with Crippen molar-refractivity contribution >= 4 is 17.2 Å². The molecule has 5 nitrogen and oxygen atoms in total. The zero-order chi connectivity index (χ0) is 17.3. The number of pyridine rings is 1. The van der Waals surface area contributed by atoms with Crippen LogP contribution in [0.1, 0.15) is 29.5 Å². The molecule has 0 N–H and O–H groups in total. The van der Waals surface area contributed by atoms with Gasteiger partial charge >= 0.3 is 6.18 Å². The van der Waals surface area contributed by atoms with Crippen LogP contribution in [0.2, 0.25) is 0 Å². The molecule has 9 heteroatoms. The first-order valence-electron chi connectivity index (χ1n) is 7.33. The topological polar surface area (TPSA) is 55.2 Å². The maximum Gasteiger partial charge on any atom is 0.421 e. The minimum Gasteiger partial charge on any atom is -0.332 e. The molecule has 1 aliphatic heterocycles. The quantitative estimate of drug-likeness (QED) is 0.849. The molecule has 0 radical (unpaired) electrons. The molecule has 0 bridgehead atoms. The molecular weight excluding hydrogens is 343 g/mol. The summed E-state index contributed by atoms with van der Waals surface area (Å²) in [7, 11) is 0. The summed E-state index contributed by atoms with van der Waals surface area (Å²) < 4.78 is 39.2. The van der Waals surface area contributed by atoms with E-state index in [2.05, 4.69) is 4.98 Å². The van der Waals surface area contributed by atoms with Crippen molar-refractivity contribution in [2.24, 2.45) is 0 Å². The van der Waals surface area contributed by atoms with Gasteiger partial charge in [0, 0.05) is 24.3 Å². The first kappa shape index (κ1) is 16.7. The number of halogens is 3. The van der Waals surface area contributed by atoms with Crippen LogP contribution in [0.3, 0.4) is 0 Å². The molecule has 24 heavy (non-hydrogen) atoms. The van der Waals surface area contributed by atoms with E-state index in [1.165, 1.54) is 17.5 Å². The van der Waals surface area contributed by atoms with Crippen LogP contribution >= 0.6 is 11.3 Å². The van der Waals surface area contributed by atoms with Crippen LogP contribution in [-0.2, 0) is 17.5 Å². The van der Waals surface area contributed by atoms with Crippen LogP contribution in [0.4, 0.5) is 13.2 Å². The lowest BCUT2D eigenvalue weighted by Gasteiger charge is -2.23. The Balaban J connectivity index is 1.82. The number of thiazole rings is 1. The van der Waals surface area contributed by atoms with Gasteiger partial charge in [-0.15, -0.1) is 11.3 Å². The van der Waals surface area contributed by atoms with Gasteiger partial charge in [-0.3, -0.25) is 9.59 Å². The van der Waals surface area contributed by atoms with E-state index in [1.54, 1.807) is 11.1 Å². The Bertz CT molecular complexity index is 786. The minimum absolute atomic E-state index is 0.168. The highest BCUT2D eigenvalue weighted by atomic mass is 32.1. The predicted octanol–water partition coefficient (Wildman–Crippen LogP) is 2.69. The molecule has 0 saturated carbocycles. The number of hydrogen-bond acceptors (Lipinski definition) is 4. The Labute approximate surface area is 139 Å². The third kappa shape index (κ3) is 3.21. The van der Waals surface area contributed by atoms with Crippen LogP contribution in [0, 0.1) is 0 Å². The summed E-state index contributed by atoms with van der Waals surface area (Å²) in [4.78, 5) is 30.2. The largest absolute Gasteiger partial charge is 0.421 e. The second-order valence-electron chi connectivity index (χ2n) is 5.47. The molecule has 1 amide bonds. The monoisotopic (exact) mass is 357 g/mol. The molecule has 128 valence electrons. The zero-order valence-electron chi connectivity index (χ0n) is 12.5. The molecule has 0 spiro atoms. The Morgan fingerprint density at radius 1 is 1.42 bits per heavy atom. The third-order valence-corrected chi connectivity index (χ3v) is 4.82. The SMILES string of the molecule is O=C(Cn1cccc(C(F)(F)F)c1=O)N1CCC[C@H]1c1nccs1. The van der Waals surface area contributed by atoms with Crippen molar-refractivity contribution in [1.29, 1.82) is 0 Å². The number of hydrogen-bond donors (Lipinski definition) is 0. The highest BCUT2D eigenvalue weighted by Gasteiger charge is 2.35. The van der Waals surface area contributed by atoms with Crippen molar-refractivity contribution in [1.82, 2.24) is 14.5 Å². The van der Waals surface area contributed by atoms with E-state index in [1.807, 2.05) is 5.38 Å². The summed E-state index contributed by atoms with van der Waals surface area (Å²) in [6.07, 6.45) is -0.327. The van der Waals surface area contributed by atoms with E-state index < -0.39 is 23.8 Å². The number of rotatable bonds is 3. The van der Waals surface area contributed by atoms with Crippen LogP contribution < -0.4 is 5.56 Å². The van der Waals surface area contributed by atoms with Crippen molar-refractivity contribution in [3.8, 4) is 0 Å². The number of nitrogens with zero attached hydrogens (tertiary/aromatic N) is 3. The van der Waals surface area contributed by atoms with Gasteiger partial charge in [-0.05, 0) is 25.0 Å². The van der Waals surface area contributed by atoms with Crippen molar-refractivity contribution in [2.45, 2.75) is 31.6 Å². The highest BCUT2D eigenvalue weighted by Crippen LogP contribution is 2.33. The van der Waals surface area contributed by atoms with Crippen LogP contribution in [-0.4, -0.2) is 26.9 Å². The standard InChI is InChI=1S/C15H14F3N3O2S/c16-15(17,18)10-3-1-6-20(14(10)23)9-12(22)21-7-2-4-11(21)13-19-5-8-24-13/h1,3,5-6,8,11H,2,4,7,9H2/t11-/m0/s1. The first-order chi connectivity index (χ1) is 11.4. The highest BCUT2D eigenvalue weighted by molar-refractivity contribution is 7.09. The van der Waals surface area contributed by atoms with E-state index in [-0.39, 0.29) is 11.9 Å². The second kappa shape index (κ2) is 6.39. The van der Waals surface area contributed by atoms with Gasteiger partial charge in [0.05, 0.1) is 6.04 Å². The molecule has 2 aromatic rings. The lowest BCUT2D eigenvalue weighted by molar-refractivity contribution is -0.139. The van der Waals surface area contributed by atoms with Gasteiger partial charge in [0.15, 0.2) is 0 Å². The van der Waals surface area contributed by atoms with Gasteiger partial charge in [-0.2, -0.15) is 13.2 Å². The fourth-order valence-corrected chi connectivity index (χ4v) is 3.62. The molecule has 1 aliphatic rings. The summed E-state index contributed by atoms with van der Waals surface area (Å²) in [5.74, 6) is -0.380. The van der Waals surface area contributed by atoms with Gasteiger partial charge in [-0.1, -0.05) is 0 Å². The normalized spacial score (nSPS) is 18.1. The molecular formula is C15H14F3N3O2S. The summed E-state index contributed by atoms with van der Waals surface area (Å²) in [6.45, 7) is 0.0986. The number of amides is 1. The van der Waals surface area contributed by atoms with Crippen molar-refractivity contribution in [3.05, 3.63) is 50.8 Å². The summed E-state index contributed by atoms with van der Waals surface area (Å²) >= 11 is 1.43. The van der Waals surface area contributed by atoms with Crippen molar-refractivity contribution in [2.75, 3.05) is 6.54 Å². The van der Waals surface area contributed by atoms with E-state index >= 15 is 0 Å². The molecule has 3 heterocycles. The van der Waals surface area contributed by atoms with Crippen molar-refractivity contribution in [3.63, 3.8) is 0 Å².